The van der Waals surface area contributed by atoms with Crippen LogP contribution < -0.4 is 5.32 Å². The van der Waals surface area contributed by atoms with Crippen LogP contribution in [0.5, 0.6) is 0 Å². The maximum atomic E-state index is 12.5. The summed E-state index contributed by atoms with van der Waals surface area (Å²) in [5.41, 5.74) is 0.0825. The Bertz CT molecular complexity index is 753. The lowest BCUT2D eigenvalue weighted by Gasteiger charge is -2.48. The molecule has 1 N–H and O–H groups in total. The number of thiophene rings is 1. The van der Waals surface area contributed by atoms with Crippen LogP contribution in [0.15, 0.2) is 27.2 Å². The summed E-state index contributed by atoms with van der Waals surface area (Å²) in [4.78, 5) is 15.9. The Morgan fingerprint density at radius 2 is 2.07 bits per heavy atom. The summed E-state index contributed by atoms with van der Waals surface area (Å²) in [5.74, 6) is 0.802. The first-order valence-corrected chi connectivity index (χ1v) is 11.7. The molecular formula is C19H26N4O3S2. The minimum Gasteiger partial charge on any atom is -0.410 e. The Labute approximate surface area is 173 Å². The van der Waals surface area contributed by atoms with Gasteiger partial charge in [-0.1, -0.05) is 37.1 Å². The first-order valence-electron chi connectivity index (χ1n) is 9.85. The van der Waals surface area contributed by atoms with Crippen molar-refractivity contribution in [2.45, 2.75) is 42.9 Å². The normalized spacial score (nSPS) is 20.1. The zero-order chi connectivity index (χ0) is 19.2. The lowest BCUT2D eigenvalue weighted by Crippen LogP contribution is -2.59. The Kier molecular flexibility index (Phi) is 6.66. The molecule has 0 bridgehead atoms. The molecule has 1 saturated heterocycles. The van der Waals surface area contributed by atoms with Gasteiger partial charge in [0.05, 0.1) is 23.8 Å². The fourth-order valence-corrected chi connectivity index (χ4v) is 5.30. The number of carbonyl (C=O) groups is 1. The third-order valence-electron chi connectivity index (χ3n) is 5.55. The molecule has 0 radical (unpaired) electrons. The zero-order valence-electron chi connectivity index (χ0n) is 15.9. The second kappa shape index (κ2) is 9.39. The Morgan fingerprint density at radius 3 is 2.82 bits per heavy atom. The topological polar surface area (TPSA) is 80.5 Å². The molecule has 0 atom stereocenters. The third kappa shape index (κ3) is 4.76. The second-order valence-electron chi connectivity index (χ2n) is 7.30. The number of amides is 1. The van der Waals surface area contributed by atoms with Crippen LogP contribution in [-0.4, -0.2) is 65.1 Å². The van der Waals surface area contributed by atoms with Crippen LogP contribution >= 0.6 is 23.1 Å². The molecule has 1 saturated carbocycles. The average Bonchev–Trinajstić information content (AvgIpc) is 3.44. The summed E-state index contributed by atoms with van der Waals surface area (Å²) >= 11 is 2.84. The number of carbonyl (C=O) groups excluding carboxylic acids is 1. The standard InChI is InChI=1S/C19H26N4O3S2/c24-16(13-28-18-22-21-17(26-18)15-5-4-12-27-15)20-14-19(6-2-1-3-7-19)23-8-10-25-11-9-23/h4-5,12H,1-3,6-11,13-14H2,(H,20,24). The molecule has 0 aromatic carbocycles. The van der Waals surface area contributed by atoms with Crippen LogP contribution in [0.1, 0.15) is 32.1 Å². The van der Waals surface area contributed by atoms with E-state index < -0.39 is 0 Å². The maximum Gasteiger partial charge on any atom is 0.277 e. The summed E-state index contributed by atoms with van der Waals surface area (Å²) < 4.78 is 11.2. The van der Waals surface area contributed by atoms with Crippen molar-refractivity contribution in [1.82, 2.24) is 20.4 Å². The largest absolute Gasteiger partial charge is 0.410 e. The molecule has 0 unspecified atom stereocenters. The van der Waals surface area contributed by atoms with Crippen molar-refractivity contribution in [2.75, 3.05) is 38.6 Å². The monoisotopic (exact) mass is 422 g/mol. The molecule has 152 valence electrons. The van der Waals surface area contributed by atoms with E-state index in [4.69, 9.17) is 9.15 Å². The fourth-order valence-electron chi connectivity index (χ4n) is 4.06. The van der Waals surface area contributed by atoms with Gasteiger partial charge in [-0.15, -0.1) is 21.5 Å². The number of hydrogen-bond acceptors (Lipinski definition) is 8. The minimum absolute atomic E-state index is 0.0130. The van der Waals surface area contributed by atoms with Crippen LogP contribution in [0, 0.1) is 0 Å². The quantitative estimate of drug-likeness (QED) is 0.687. The van der Waals surface area contributed by atoms with Crippen LogP contribution in [0.25, 0.3) is 10.8 Å². The number of nitrogens with zero attached hydrogens (tertiary/aromatic N) is 3. The predicted octanol–water partition coefficient (Wildman–Crippen LogP) is 3.04. The van der Waals surface area contributed by atoms with Crippen LogP contribution in [-0.2, 0) is 9.53 Å². The van der Waals surface area contributed by atoms with E-state index in [1.54, 1.807) is 11.3 Å². The molecule has 1 amide bonds. The van der Waals surface area contributed by atoms with Crippen molar-refractivity contribution >= 4 is 29.0 Å². The van der Waals surface area contributed by atoms with E-state index in [0.717, 1.165) is 44.0 Å². The predicted molar refractivity (Wildman–Crippen MR) is 110 cm³/mol. The zero-order valence-corrected chi connectivity index (χ0v) is 17.5. The molecule has 1 aliphatic heterocycles. The van der Waals surface area contributed by atoms with Gasteiger partial charge in [-0.2, -0.15) is 0 Å². The van der Waals surface area contributed by atoms with Crippen LogP contribution in [0.3, 0.4) is 0 Å². The van der Waals surface area contributed by atoms with E-state index in [9.17, 15) is 4.79 Å². The number of thioether (sulfide) groups is 1. The van der Waals surface area contributed by atoms with Gasteiger partial charge in [0, 0.05) is 25.2 Å². The van der Waals surface area contributed by atoms with Crippen molar-refractivity contribution in [3.8, 4) is 10.8 Å². The number of aromatic nitrogens is 2. The van der Waals surface area contributed by atoms with Gasteiger partial charge in [-0.25, -0.2) is 0 Å². The van der Waals surface area contributed by atoms with Gasteiger partial charge in [0.25, 0.3) is 11.1 Å². The lowest BCUT2D eigenvalue weighted by molar-refractivity contribution is -0.119. The Morgan fingerprint density at radius 1 is 1.25 bits per heavy atom. The molecule has 0 spiro atoms. The average molecular weight is 423 g/mol. The Balaban J connectivity index is 1.29. The summed E-state index contributed by atoms with van der Waals surface area (Å²) in [5, 5.41) is 13.6. The highest BCUT2D eigenvalue weighted by Crippen LogP contribution is 2.34. The van der Waals surface area contributed by atoms with Crippen molar-refractivity contribution in [2.24, 2.45) is 0 Å². The van der Waals surface area contributed by atoms with E-state index in [0.29, 0.717) is 17.7 Å². The highest BCUT2D eigenvalue weighted by atomic mass is 32.2. The third-order valence-corrected chi connectivity index (χ3v) is 7.22. The van der Waals surface area contributed by atoms with Gasteiger partial charge in [0.2, 0.25) is 5.91 Å². The van der Waals surface area contributed by atoms with Crippen LogP contribution in [0.4, 0.5) is 0 Å². The minimum atomic E-state index is 0.0130. The van der Waals surface area contributed by atoms with E-state index in [1.165, 1.54) is 31.0 Å². The molecule has 2 aliphatic rings. The summed E-state index contributed by atoms with van der Waals surface area (Å²) in [7, 11) is 0. The van der Waals surface area contributed by atoms with Gasteiger partial charge in [-0.3, -0.25) is 9.69 Å². The van der Waals surface area contributed by atoms with Gasteiger partial charge in [0.15, 0.2) is 0 Å². The van der Waals surface area contributed by atoms with E-state index in [-0.39, 0.29) is 17.2 Å². The number of ether oxygens (including phenoxy) is 1. The number of hydrogen-bond donors (Lipinski definition) is 1. The number of nitrogens with one attached hydrogen (secondary N) is 1. The fraction of sp³-hybridized carbons (Fsp3) is 0.632. The molecule has 9 heteroatoms. The molecule has 2 aromatic heterocycles. The molecule has 2 fully saturated rings. The maximum absolute atomic E-state index is 12.5. The van der Waals surface area contributed by atoms with Crippen molar-refractivity contribution < 1.29 is 13.9 Å². The number of morpholine rings is 1. The summed E-state index contributed by atoms with van der Waals surface area (Å²) in [6.45, 7) is 4.19. The van der Waals surface area contributed by atoms with Crippen molar-refractivity contribution in [3.63, 3.8) is 0 Å². The van der Waals surface area contributed by atoms with Gasteiger partial charge < -0.3 is 14.5 Å². The highest BCUT2D eigenvalue weighted by molar-refractivity contribution is 7.99. The molecule has 1 aliphatic carbocycles. The first-order chi connectivity index (χ1) is 13.8. The van der Waals surface area contributed by atoms with Crippen molar-refractivity contribution in [1.29, 1.82) is 0 Å². The molecule has 7 nitrogen and oxygen atoms in total. The van der Waals surface area contributed by atoms with Crippen molar-refractivity contribution in [3.05, 3.63) is 17.5 Å². The van der Waals surface area contributed by atoms with E-state index >= 15 is 0 Å². The number of rotatable bonds is 7. The van der Waals surface area contributed by atoms with E-state index in [1.807, 2.05) is 17.5 Å². The smallest absolute Gasteiger partial charge is 0.277 e. The molecule has 4 rings (SSSR count). The highest BCUT2D eigenvalue weighted by Gasteiger charge is 2.38. The molecule has 2 aromatic rings. The van der Waals surface area contributed by atoms with Gasteiger partial charge in [-0.05, 0) is 24.3 Å². The lowest BCUT2D eigenvalue weighted by atomic mass is 9.79. The Hall–Kier alpha value is -1.42. The molecule has 3 heterocycles. The molecular weight excluding hydrogens is 396 g/mol. The molecule has 28 heavy (non-hydrogen) atoms. The first kappa shape index (κ1) is 19.9. The summed E-state index contributed by atoms with van der Waals surface area (Å²) in [6.07, 6.45) is 6.05. The second-order valence-corrected chi connectivity index (χ2v) is 9.17. The van der Waals surface area contributed by atoms with E-state index in [2.05, 4.69) is 20.4 Å². The van der Waals surface area contributed by atoms with Crippen LogP contribution in [0.2, 0.25) is 0 Å². The SMILES string of the molecule is O=C(CSc1nnc(-c2cccs2)o1)NCC1(N2CCOCC2)CCCCC1. The summed E-state index contributed by atoms with van der Waals surface area (Å²) in [6, 6.07) is 3.88. The van der Waals surface area contributed by atoms with Gasteiger partial charge >= 0.3 is 0 Å². The van der Waals surface area contributed by atoms with Gasteiger partial charge in [0.1, 0.15) is 0 Å².